The maximum atomic E-state index is 13.1. The van der Waals surface area contributed by atoms with E-state index in [1.54, 1.807) is 0 Å². The molecule has 0 heterocycles. The average Bonchev–Trinajstić information content (AvgIpc) is 2.90. The summed E-state index contributed by atoms with van der Waals surface area (Å²) in [6.45, 7) is 0. The molecule has 2 fully saturated rings. The molecule has 0 radical (unpaired) electrons. The maximum absolute atomic E-state index is 13.1. The molecule has 2 bridgehead atoms. The molecule has 0 aromatic rings. The molecule has 1 N–H and O–H groups in total. The van der Waals surface area contributed by atoms with Gasteiger partial charge in [0.05, 0.1) is 0 Å². The molecule has 0 amide bonds. The highest BCUT2D eigenvalue weighted by Crippen LogP contribution is 2.48. The van der Waals surface area contributed by atoms with Gasteiger partial charge in [-0.25, -0.2) is 13.2 Å². The van der Waals surface area contributed by atoms with Crippen LogP contribution in [0.4, 0.5) is 8.78 Å². The monoisotopic (exact) mass is 350 g/mol. The fourth-order valence-electron chi connectivity index (χ4n) is 2.89. The quantitative estimate of drug-likeness (QED) is 0.394. The van der Waals surface area contributed by atoms with Crippen molar-refractivity contribution in [1.82, 2.24) is 0 Å². The number of esters is 1. The van der Waals surface area contributed by atoms with Crippen LogP contribution in [0.2, 0.25) is 0 Å². The molecular weight excluding hydrogens is 338 g/mol. The summed E-state index contributed by atoms with van der Waals surface area (Å²) in [5.41, 5.74) is 0. The van der Waals surface area contributed by atoms with Crippen LogP contribution in [0, 0.1) is 11.8 Å². The minimum absolute atomic E-state index is 0.264. The number of ether oxygens (including phenoxy) is 1. The Kier molecular flexibility index (Phi) is 4.26. The van der Waals surface area contributed by atoms with E-state index < -0.39 is 44.5 Å². The van der Waals surface area contributed by atoms with E-state index in [9.17, 15) is 30.4 Å². The number of hydrogen-bond donors (Lipinski definition) is 2. The van der Waals surface area contributed by atoms with E-state index in [1.807, 2.05) is 0 Å². The number of hydrogen-bond acceptors (Lipinski definition) is 7. The topological polar surface area (TPSA) is 124 Å². The first-order valence-electron chi connectivity index (χ1n) is 5.91. The summed E-state index contributed by atoms with van der Waals surface area (Å²) in [6.07, 6.45) is -0.831. The van der Waals surface area contributed by atoms with Crippen molar-refractivity contribution < 1.29 is 43.9 Å². The molecule has 2 saturated carbocycles. The van der Waals surface area contributed by atoms with Crippen molar-refractivity contribution >= 4 is 27.1 Å². The van der Waals surface area contributed by atoms with Crippen LogP contribution in [0.3, 0.4) is 0 Å². The molecule has 21 heavy (non-hydrogen) atoms. The lowest BCUT2D eigenvalue weighted by Gasteiger charge is -2.29. The molecule has 2 aliphatic rings. The van der Waals surface area contributed by atoms with E-state index in [-0.39, 0.29) is 11.8 Å². The van der Waals surface area contributed by atoms with E-state index in [1.165, 1.54) is 0 Å². The standard InChI is InChI=1S/C9H12F2O8S2/c10-9(11,21(15,16)17)8(12)18-6-4-1-2-5(3-4)7(6)19-20(13)14/h4-7,20H,1-3H2,(H,15,16,17). The van der Waals surface area contributed by atoms with Gasteiger partial charge in [-0.05, 0) is 31.1 Å². The number of fused-ring (bicyclic) bond motifs is 2. The fraction of sp³-hybridized carbons (Fsp3) is 0.889. The molecule has 4 unspecified atom stereocenters. The predicted octanol–water partition coefficient (Wildman–Crippen LogP) is -0.280. The Morgan fingerprint density at radius 3 is 2.19 bits per heavy atom. The summed E-state index contributed by atoms with van der Waals surface area (Å²) in [7, 11) is -9.24. The first-order valence-corrected chi connectivity index (χ1v) is 8.44. The molecular formula is C9H12F2O8S2. The molecule has 2 rings (SSSR count). The predicted molar refractivity (Wildman–Crippen MR) is 62.4 cm³/mol. The highest BCUT2D eigenvalue weighted by molar-refractivity contribution is 7.87. The molecule has 0 aromatic heterocycles. The van der Waals surface area contributed by atoms with Crippen molar-refractivity contribution in [3.05, 3.63) is 0 Å². The van der Waals surface area contributed by atoms with Gasteiger partial charge in [-0.3, -0.25) is 8.74 Å². The van der Waals surface area contributed by atoms with Crippen molar-refractivity contribution in [2.45, 2.75) is 36.7 Å². The van der Waals surface area contributed by atoms with Crippen molar-refractivity contribution in [2.24, 2.45) is 11.8 Å². The van der Waals surface area contributed by atoms with Crippen molar-refractivity contribution in [3.8, 4) is 0 Å². The summed E-state index contributed by atoms with van der Waals surface area (Å²) in [5, 5.41) is -5.11. The van der Waals surface area contributed by atoms with Crippen LogP contribution in [0.25, 0.3) is 0 Å². The molecule has 0 saturated heterocycles. The van der Waals surface area contributed by atoms with Crippen LogP contribution in [0.1, 0.15) is 19.3 Å². The van der Waals surface area contributed by atoms with E-state index >= 15 is 0 Å². The van der Waals surface area contributed by atoms with E-state index in [0.29, 0.717) is 19.3 Å². The Balaban J connectivity index is 2.16. The van der Waals surface area contributed by atoms with Gasteiger partial charge in [0, 0.05) is 0 Å². The summed E-state index contributed by atoms with van der Waals surface area (Å²) in [6, 6.07) is 0. The zero-order chi connectivity index (χ0) is 16.0. The molecule has 4 atom stereocenters. The number of alkyl halides is 2. The van der Waals surface area contributed by atoms with Crippen LogP contribution < -0.4 is 0 Å². The first-order chi connectivity index (χ1) is 9.54. The normalized spacial score (nSPS) is 32.6. The lowest BCUT2D eigenvalue weighted by atomic mass is 9.95. The average molecular weight is 350 g/mol. The van der Waals surface area contributed by atoms with Crippen molar-refractivity contribution in [3.63, 3.8) is 0 Å². The second-order valence-electron chi connectivity index (χ2n) is 4.99. The number of carbonyl (C=O) groups is 1. The van der Waals surface area contributed by atoms with Crippen LogP contribution in [-0.2, 0) is 34.8 Å². The Morgan fingerprint density at radius 1 is 1.19 bits per heavy atom. The number of carbonyl (C=O) groups excluding carboxylic acids is 1. The van der Waals surface area contributed by atoms with Gasteiger partial charge in [-0.2, -0.15) is 17.2 Å². The second kappa shape index (κ2) is 5.41. The minimum Gasteiger partial charge on any atom is -0.454 e. The molecule has 122 valence electrons. The van der Waals surface area contributed by atoms with E-state index in [0.717, 1.165) is 0 Å². The van der Waals surface area contributed by atoms with Gasteiger partial charge in [0.2, 0.25) is 0 Å². The smallest absolute Gasteiger partial charge is 0.454 e. The molecule has 2 aliphatic carbocycles. The van der Waals surface area contributed by atoms with E-state index in [4.69, 9.17) is 4.55 Å². The summed E-state index contributed by atoms with van der Waals surface area (Å²) in [5.74, 6) is -3.09. The van der Waals surface area contributed by atoms with Gasteiger partial charge in [-0.15, -0.1) is 0 Å². The van der Waals surface area contributed by atoms with Gasteiger partial charge < -0.3 is 4.74 Å². The van der Waals surface area contributed by atoms with Crippen molar-refractivity contribution in [1.29, 1.82) is 0 Å². The van der Waals surface area contributed by atoms with Crippen LogP contribution in [-0.4, -0.2) is 44.8 Å². The highest BCUT2D eigenvalue weighted by Gasteiger charge is 2.58. The maximum Gasteiger partial charge on any atom is 0.465 e. The third-order valence-electron chi connectivity index (χ3n) is 3.78. The zero-order valence-corrected chi connectivity index (χ0v) is 12.1. The fourth-order valence-corrected chi connectivity index (χ4v) is 3.64. The van der Waals surface area contributed by atoms with Gasteiger partial charge in [-0.1, -0.05) is 0 Å². The number of halogens is 2. The van der Waals surface area contributed by atoms with Gasteiger partial charge in [0.15, 0.2) is 0 Å². The summed E-state index contributed by atoms with van der Waals surface area (Å²) < 4.78 is 85.8. The van der Waals surface area contributed by atoms with Gasteiger partial charge in [0.25, 0.3) is 11.0 Å². The molecule has 0 aliphatic heterocycles. The summed E-state index contributed by atoms with van der Waals surface area (Å²) in [4.78, 5) is 11.3. The molecule has 0 spiro atoms. The Bertz CT molecular complexity index is 605. The van der Waals surface area contributed by atoms with Crippen LogP contribution >= 0.6 is 0 Å². The number of thiol groups is 1. The minimum atomic E-state index is -5.96. The third kappa shape index (κ3) is 3.03. The third-order valence-corrected chi connectivity index (χ3v) is 5.01. The summed E-state index contributed by atoms with van der Waals surface area (Å²) >= 11 is 0. The van der Waals surface area contributed by atoms with E-state index in [2.05, 4.69) is 8.92 Å². The van der Waals surface area contributed by atoms with Gasteiger partial charge in [0.1, 0.15) is 12.2 Å². The SMILES string of the molecule is O=C(OC1C2CCC(C2)C1O[SH](=O)=O)C(F)(F)S(=O)(=O)O. The van der Waals surface area contributed by atoms with Crippen LogP contribution in [0.15, 0.2) is 0 Å². The largest absolute Gasteiger partial charge is 0.465 e. The molecule has 12 heteroatoms. The van der Waals surface area contributed by atoms with Crippen molar-refractivity contribution in [2.75, 3.05) is 0 Å². The van der Waals surface area contributed by atoms with Crippen LogP contribution in [0.5, 0.6) is 0 Å². The Morgan fingerprint density at radius 2 is 1.71 bits per heavy atom. The lowest BCUT2D eigenvalue weighted by Crippen LogP contribution is -2.45. The first kappa shape index (κ1) is 16.5. The Labute approximate surface area is 120 Å². The number of rotatable bonds is 5. The molecule has 0 aromatic carbocycles. The zero-order valence-electron chi connectivity index (χ0n) is 10.3. The molecule has 8 nitrogen and oxygen atoms in total. The second-order valence-corrected chi connectivity index (χ2v) is 7.11. The van der Waals surface area contributed by atoms with Gasteiger partial charge >= 0.3 is 21.3 Å². The highest BCUT2D eigenvalue weighted by atomic mass is 32.2. The Hall–Kier alpha value is -0.850. The lowest BCUT2D eigenvalue weighted by molar-refractivity contribution is -0.174.